The van der Waals surface area contributed by atoms with Crippen LogP contribution in [0.4, 0.5) is 0 Å². The first kappa shape index (κ1) is 59.9. The first-order chi connectivity index (χ1) is 23.9. The Balaban J connectivity index is -0.000000120. The van der Waals surface area contributed by atoms with Crippen molar-refractivity contribution in [2.24, 2.45) is 11.8 Å². The quantitative estimate of drug-likeness (QED) is 0.0542. The molecule has 0 unspecified atom stereocenters. The van der Waals surface area contributed by atoms with E-state index in [-0.39, 0.29) is 30.2 Å². The molecule has 0 saturated heterocycles. The van der Waals surface area contributed by atoms with E-state index in [4.69, 9.17) is 20.1 Å². The maximum Gasteiger partial charge on any atom is 0.305 e. The summed E-state index contributed by atoms with van der Waals surface area (Å²) in [6.07, 6.45) is 14.7. The number of carboxylic acid groups (broad SMARTS) is 3. The van der Waals surface area contributed by atoms with Crippen LogP contribution in [0.15, 0.2) is 0 Å². The molecule has 12 heteroatoms. The molecule has 0 aromatic rings. The van der Waals surface area contributed by atoms with Gasteiger partial charge in [0, 0.05) is 39.0 Å². The summed E-state index contributed by atoms with van der Waals surface area (Å²) in [5.41, 5.74) is 0. The van der Waals surface area contributed by atoms with Gasteiger partial charge in [0.2, 0.25) is 0 Å². The van der Waals surface area contributed by atoms with Crippen molar-refractivity contribution in [3.8, 4) is 0 Å². The number of aliphatic carboxylic acids is 3. The van der Waals surface area contributed by atoms with E-state index in [9.17, 15) is 28.8 Å². The standard InChI is InChI=1S/2C8H16O2.3C6H12O2.C5H10O2/c1-3-5-6-7-8(9)10-4-2;1-2-3-4-5-6-7-8(9)10;1-5(2)4-8-6(3)7;1-3-5-6(7)8-4-2;1-2-3-4-5-6(7)8;1-4(2)3-5(6)7/h3-7H2,1-2H3;2-7H2,1H3,(H,9,10);5H,4H2,1-3H3;3-5H2,1-2H3;2-5H2,1H3,(H,7,8);4H,3H2,1-2H3,(H,6,7). The van der Waals surface area contributed by atoms with Crippen LogP contribution in [0.1, 0.15) is 185 Å². The Morgan fingerprint density at radius 2 is 0.824 bits per heavy atom. The van der Waals surface area contributed by atoms with Crippen molar-refractivity contribution in [3.05, 3.63) is 0 Å². The van der Waals surface area contributed by atoms with E-state index in [2.05, 4.69) is 30.2 Å². The smallest absolute Gasteiger partial charge is 0.305 e. The Bertz CT molecular complexity index is 787. The van der Waals surface area contributed by atoms with Gasteiger partial charge in [0.15, 0.2) is 0 Å². The van der Waals surface area contributed by atoms with Crippen LogP contribution in [0.25, 0.3) is 0 Å². The predicted molar refractivity (Wildman–Crippen MR) is 204 cm³/mol. The van der Waals surface area contributed by atoms with Crippen molar-refractivity contribution in [2.45, 2.75) is 185 Å². The summed E-state index contributed by atoms with van der Waals surface area (Å²) in [5.74, 6) is -1.69. The summed E-state index contributed by atoms with van der Waals surface area (Å²) >= 11 is 0. The molecule has 12 nitrogen and oxygen atoms in total. The number of ether oxygens (including phenoxy) is 3. The van der Waals surface area contributed by atoms with Crippen molar-refractivity contribution in [3.63, 3.8) is 0 Å². The SMILES string of the molecule is CC(=O)OCC(C)C.CC(C)CC(=O)O.CCCC(=O)OCC.CCCCCC(=O)O.CCCCCC(=O)OCC.CCCCCCCC(=O)O. The molecule has 0 aliphatic heterocycles. The number of hydrogen-bond donors (Lipinski definition) is 3. The highest BCUT2D eigenvalue weighted by Gasteiger charge is 2.00. The van der Waals surface area contributed by atoms with Crippen LogP contribution in [-0.2, 0) is 43.0 Å². The van der Waals surface area contributed by atoms with E-state index in [0.29, 0.717) is 51.4 Å². The summed E-state index contributed by atoms with van der Waals surface area (Å²) in [5, 5.41) is 24.5. The largest absolute Gasteiger partial charge is 0.481 e. The zero-order valence-corrected chi connectivity index (χ0v) is 34.3. The van der Waals surface area contributed by atoms with Crippen LogP contribution >= 0.6 is 0 Å². The molecular formula is C39H78O12. The fourth-order valence-electron chi connectivity index (χ4n) is 3.23. The highest BCUT2D eigenvalue weighted by Crippen LogP contribution is 2.04. The molecule has 0 aliphatic rings. The Morgan fingerprint density at radius 1 is 0.451 bits per heavy atom. The first-order valence-electron chi connectivity index (χ1n) is 19.0. The molecule has 0 aromatic carbocycles. The van der Waals surface area contributed by atoms with Gasteiger partial charge in [-0.3, -0.25) is 28.8 Å². The number of carbonyl (C=O) groups excluding carboxylic acids is 3. The van der Waals surface area contributed by atoms with Gasteiger partial charge in [0.1, 0.15) is 0 Å². The van der Waals surface area contributed by atoms with Crippen LogP contribution in [0.5, 0.6) is 0 Å². The maximum absolute atomic E-state index is 10.7. The average Bonchev–Trinajstić information content (AvgIpc) is 3.01. The first-order valence-corrected chi connectivity index (χ1v) is 19.0. The van der Waals surface area contributed by atoms with Crippen molar-refractivity contribution >= 4 is 35.8 Å². The van der Waals surface area contributed by atoms with Gasteiger partial charge >= 0.3 is 35.8 Å². The molecule has 0 saturated carbocycles. The van der Waals surface area contributed by atoms with Crippen molar-refractivity contribution in [2.75, 3.05) is 19.8 Å². The molecule has 0 spiro atoms. The van der Waals surface area contributed by atoms with E-state index in [1.54, 1.807) is 0 Å². The summed E-state index contributed by atoms with van der Waals surface area (Å²) in [6, 6.07) is 0. The monoisotopic (exact) mass is 739 g/mol. The minimum absolute atomic E-state index is 0.0593. The lowest BCUT2D eigenvalue weighted by atomic mass is 10.1. The molecule has 0 fully saturated rings. The third-order valence-corrected chi connectivity index (χ3v) is 5.74. The van der Waals surface area contributed by atoms with E-state index in [0.717, 1.165) is 57.8 Å². The summed E-state index contributed by atoms with van der Waals surface area (Å²) in [4.78, 5) is 61.0. The molecule has 0 aromatic heterocycles. The van der Waals surface area contributed by atoms with E-state index in [1.807, 2.05) is 48.5 Å². The van der Waals surface area contributed by atoms with Gasteiger partial charge in [0.05, 0.1) is 19.8 Å². The highest BCUT2D eigenvalue weighted by molar-refractivity contribution is 5.69. The molecule has 0 radical (unpaired) electrons. The van der Waals surface area contributed by atoms with E-state index < -0.39 is 17.9 Å². The molecule has 0 aliphatic carbocycles. The normalized spacial score (nSPS) is 9.35. The highest BCUT2D eigenvalue weighted by atomic mass is 16.5. The number of rotatable bonds is 22. The number of carbonyl (C=O) groups is 6. The molecular weight excluding hydrogens is 660 g/mol. The molecule has 0 heterocycles. The molecule has 0 amide bonds. The third-order valence-electron chi connectivity index (χ3n) is 5.74. The van der Waals surface area contributed by atoms with Crippen LogP contribution in [0.3, 0.4) is 0 Å². The number of hydrogen-bond acceptors (Lipinski definition) is 9. The Kier molecular flexibility index (Phi) is 60.2. The van der Waals surface area contributed by atoms with Gasteiger partial charge in [-0.1, -0.05) is 107 Å². The van der Waals surface area contributed by atoms with E-state index in [1.165, 1.54) is 26.2 Å². The molecule has 51 heavy (non-hydrogen) atoms. The maximum atomic E-state index is 10.7. The van der Waals surface area contributed by atoms with Crippen LogP contribution in [-0.4, -0.2) is 71.0 Å². The molecule has 0 atom stereocenters. The van der Waals surface area contributed by atoms with Crippen LogP contribution in [0.2, 0.25) is 0 Å². The Hall–Kier alpha value is -3.18. The minimum atomic E-state index is -0.713. The second-order valence-corrected chi connectivity index (χ2v) is 12.4. The summed E-state index contributed by atoms with van der Waals surface area (Å²) in [7, 11) is 0. The fourth-order valence-corrected chi connectivity index (χ4v) is 3.23. The predicted octanol–water partition coefficient (Wildman–Crippen LogP) is 9.88. The summed E-state index contributed by atoms with van der Waals surface area (Å²) < 4.78 is 14.1. The zero-order valence-electron chi connectivity index (χ0n) is 34.3. The van der Waals surface area contributed by atoms with Gasteiger partial charge in [-0.05, 0) is 51.4 Å². The van der Waals surface area contributed by atoms with Crippen molar-refractivity contribution in [1.82, 2.24) is 0 Å². The third kappa shape index (κ3) is 92.9. The number of unbranched alkanes of at least 4 members (excludes halogenated alkanes) is 8. The van der Waals surface area contributed by atoms with Crippen molar-refractivity contribution < 1.29 is 58.3 Å². The Labute approximate surface area is 310 Å². The average molecular weight is 739 g/mol. The lowest BCUT2D eigenvalue weighted by molar-refractivity contribution is -0.144. The molecule has 306 valence electrons. The van der Waals surface area contributed by atoms with Gasteiger partial charge in [-0.25, -0.2) is 0 Å². The lowest BCUT2D eigenvalue weighted by Gasteiger charge is -2.02. The fraction of sp³-hybridized carbons (Fsp3) is 0.846. The van der Waals surface area contributed by atoms with Crippen molar-refractivity contribution in [1.29, 1.82) is 0 Å². The molecule has 3 N–H and O–H groups in total. The lowest BCUT2D eigenvalue weighted by Crippen LogP contribution is -2.05. The van der Waals surface area contributed by atoms with Crippen LogP contribution in [0, 0.1) is 11.8 Å². The second kappa shape index (κ2) is 51.2. The zero-order chi connectivity index (χ0) is 40.9. The number of esters is 3. The molecule has 0 bridgehead atoms. The second-order valence-electron chi connectivity index (χ2n) is 12.4. The van der Waals surface area contributed by atoms with Gasteiger partial charge in [-0.15, -0.1) is 0 Å². The summed E-state index contributed by atoms with van der Waals surface area (Å²) in [6.45, 7) is 22.7. The van der Waals surface area contributed by atoms with Gasteiger partial charge in [-0.2, -0.15) is 0 Å². The van der Waals surface area contributed by atoms with Gasteiger partial charge in [0.25, 0.3) is 0 Å². The van der Waals surface area contributed by atoms with Gasteiger partial charge < -0.3 is 29.5 Å². The molecule has 0 rings (SSSR count). The van der Waals surface area contributed by atoms with Crippen LogP contribution < -0.4 is 0 Å². The number of carboxylic acids is 3. The van der Waals surface area contributed by atoms with E-state index >= 15 is 0 Å². The minimum Gasteiger partial charge on any atom is -0.481 e. The Morgan fingerprint density at radius 3 is 1.10 bits per heavy atom. The topological polar surface area (TPSA) is 191 Å².